The highest BCUT2D eigenvalue weighted by atomic mass is 16.1. The molecule has 68 valence electrons. The van der Waals surface area contributed by atoms with Gasteiger partial charge in [0.25, 0.3) is 0 Å². The molecule has 0 aromatic rings. The van der Waals surface area contributed by atoms with Gasteiger partial charge in [0.2, 0.25) is 5.91 Å². The second kappa shape index (κ2) is 3.08. The predicted octanol–water partition coefficient (Wildman–Crippen LogP) is 1.69. The van der Waals surface area contributed by atoms with Gasteiger partial charge in [-0.1, -0.05) is 19.3 Å². The first-order valence-electron chi connectivity index (χ1n) is 5.06. The lowest BCUT2D eigenvalue weighted by molar-refractivity contribution is -0.123. The minimum atomic E-state index is -0.0691. The van der Waals surface area contributed by atoms with Crippen molar-refractivity contribution in [1.82, 2.24) is 0 Å². The van der Waals surface area contributed by atoms with Crippen LogP contribution in [-0.4, -0.2) is 5.91 Å². The van der Waals surface area contributed by atoms with Crippen molar-refractivity contribution in [1.29, 1.82) is 0 Å². The van der Waals surface area contributed by atoms with Crippen LogP contribution in [0.1, 0.15) is 38.5 Å². The lowest BCUT2D eigenvalue weighted by Gasteiger charge is -2.29. The maximum Gasteiger partial charge on any atom is 0.220 e. The SMILES string of the molecule is NC(=O)[C@@H]1CC[C@H]2CCC[C@H]2C1. The van der Waals surface area contributed by atoms with Crippen molar-refractivity contribution in [3.63, 3.8) is 0 Å². The van der Waals surface area contributed by atoms with Gasteiger partial charge in [0.05, 0.1) is 0 Å². The fourth-order valence-corrected chi connectivity index (χ4v) is 2.96. The summed E-state index contributed by atoms with van der Waals surface area (Å²) in [6.07, 6.45) is 7.50. The van der Waals surface area contributed by atoms with E-state index in [0.29, 0.717) is 0 Å². The minimum absolute atomic E-state index is 0.0691. The second-order valence-corrected chi connectivity index (χ2v) is 4.36. The van der Waals surface area contributed by atoms with E-state index in [0.717, 1.165) is 24.7 Å². The van der Waals surface area contributed by atoms with Crippen LogP contribution in [0.3, 0.4) is 0 Å². The first kappa shape index (κ1) is 8.09. The zero-order chi connectivity index (χ0) is 8.55. The van der Waals surface area contributed by atoms with E-state index in [9.17, 15) is 4.79 Å². The zero-order valence-electron chi connectivity index (χ0n) is 7.46. The molecule has 1 amide bonds. The summed E-state index contributed by atoms with van der Waals surface area (Å²) in [5, 5.41) is 0. The first-order valence-corrected chi connectivity index (χ1v) is 5.06. The molecule has 2 heteroatoms. The van der Waals surface area contributed by atoms with Crippen molar-refractivity contribution < 1.29 is 4.79 Å². The number of primary amides is 1. The van der Waals surface area contributed by atoms with Crippen LogP contribution >= 0.6 is 0 Å². The Morgan fingerprint density at radius 3 is 2.58 bits per heavy atom. The Hall–Kier alpha value is -0.530. The quantitative estimate of drug-likeness (QED) is 0.634. The highest BCUT2D eigenvalue weighted by Crippen LogP contribution is 2.43. The van der Waals surface area contributed by atoms with Crippen LogP contribution in [-0.2, 0) is 4.79 Å². The number of hydrogen-bond acceptors (Lipinski definition) is 1. The Kier molecular flexibility index (Phi) is 2.07. The summed E-state index contributed by atoms with van der Waals surface area (Å²) in [6, 6.07) is 0. The number of fused-ring (bicyclic) bond motifs is 1. The van der Waals surface area contributed by atoms with Gasteiger partial charge in [0.1, 0.15) is 0 Å². The molecule has 0 aliphatic heterocycles. The van der Waals surface area contributed by atoms with Gasteiger partial charge in [-0.05, 0) is 31.1 Å². The molecule has 2 fully saturated rings. The Labute approximate surface area is 73.5 Å². The number of nitrogens with two attached hydrogens (primary N) is 1. The third-order valence-corrected chi connectivity index (χ3v) is 3.69. The van der Waals surface area contributed by atoms with E-state index < -0.39 is 0 Å². The number of rotatable bonds is 1. The van der Waals surface area contributed by atoms with Gasteiger partial charge in [0, 0.05) is 5.92 Å². The van der Waals surface area contributed by atoms with E-state index in [1.807, 2.05) is 0 Å². The first-order chi connectivity index (χ1) is 5.77. The Morgan fingerprint density at radius 2 is 1.83 bits per heavy atom. The van der Waals surface area contributed by atoms with Crippen molar-refractivity contribution in [2.45, 2.75) is 38.5 Å². The maximum absolute atomic E-state index is 11.0. The summed E-state index contributed by atoms with van der Waals surface area (Å²) in [5.74, 6) is 1.89. The Balaban J connectivity index is 1.96. The van der Waals surface area contributed by atoms with Crippen molar-refractivity contribution in [3.05, 3.63) is 0 Å². The van der Waals surface area contributed by atoms with Gasteiger partial charge in [-0.25, -0.2) is 0 Å². The normalized spacial score (nSPS) is 40.8. The summed E-state index contributed by atoms with van der Waals surface area (Å²) < 4.78 is 0. The van der Waals surface area contributed by atoms with Crippen LogP contribution in [0.15, 0.2) is 0 Å². The average Bonchev–Trinajstić information content (AvgIpc) is 2.49. The monoisotopic (exact) mass is 167 g/mol. The third-order valence-electron chi connectivity index (χ3n) is 3.69. The summed E-state index contributed by atoms with van der Waals surface area (Å²) in [6.45, 7) is 0. The van der Waals surface area contributed by atoms with Crippen LogP contribution < -0.4 is 5.73 Å². The summed E-state index contributed by atoms with van der Waals surface area (Å²) in [5.41, 5.74) is 5.31. The standard InChI is InChI=1S/C10H17NO/c11-10(12)9-5-4-7-2-1-3-8(7)6-9/h7-9H,1-6H2,(H2,11,12)/t7-,8+,9-/m1/s1. The van der Waals surface area contributed by atoms with Crippen LogP contribution in [0.2, 0.25) is 0 Å². The molecule has 0 spiro atoms. The summed E-state index contributed by atoms with van der Waals surface area (Å²) >= 11 is 0. The summed E-state index contributed by atoms with van der Waals surface area (Å²) in [4.78, 5) is 11.0. The van der Waals surface area contributed by atoms with Crippen LogP contribution in [0, 0.1) is 17.8 Å². The number of carbonyl (C=O) groups is 1. The topological polar surface area (TPSA) is 43.1 Å². The second-order valence-electron chi connectivity index (χ2n) is 4.36. The average molecular weight is 167 g/mol. The largest absolute Gasteiger partial charge is 0.369 e. The summed E-state index contributed by atoms with van der Waals surface area (Å²) in [7, 11) is 0. The van der Waals surface area contributed by atoms with E-state index in [-0.39, 0.29) is 11.8 Å². The van der Waals surface area contributed by atoms with Gasteiger partial charge >= 0.3 is 0 Å². The van der Waals surface area contributed by atoms with Crippen molar-refractivity contribution in [2.24, 2.45) is 23.5 Å². The molecule has 2 N–H and O–H groups in total. The van der Waals surface area contributed by atoms with Gasteiger partial charge in [-0.15, -0.1) is 0 Å². The van der Waals surface area contributed by atoms with E-state index in [4.69, 9.17) is 5.73 Å². The van der Waals surface area contributed by atoms with Crippen molar-refractivity contribution in [2.75, 3.05) is 0 Å². The van der Waals surface area contributed by atoms with E-state index >= 15 is 0 Å². The van der Waals surface area contributed by atoms with E-state index in [2.05, 4.69) is 0 Å². The molecule has 0 unspecified atom stereocenters. The number of hydrogen-bond donors (Lipinski definition) is 1. The Morgan fingerprint density at radius 1 is 1.08 bits per heavy atom. The van der Waals surface area contributed by atoms with Gasteiger partial charge in [-0.3, -0.25) is 4.79 Å². The lowest BCUT2D eigenvalue weighted by atomic mass is 9.76. The fraction of sp³-hybridized carbons (Fsp3) is 0.900. The molecule has 0 aromatic heterocycles. The minimum Gasteiger partial charge on any atom is -0.369 e. The van der Waals surface area contributed by atoms with Gasteiger partial charge < -0.3 is 5.73 Å². The molecule has 12 heavy (non-hydrogen) atoms. The van der Waals surface area contributed by atoms with Crippen LogP contribution in [0.4, 0.5) is 0 Å². The van der Waals surface area contributed by atoms with E-state index in [1.54, 1.807) is 0 Å². The fourth-order valence-electron chi connectivity index (χ4n) is 2.96. The molecule has 0 heterocycles. The Bertz CT molecular complexity index is 190. The molecule has 0 bridgehead atoms. The van der Waals surface area contributed by atoms with Crippen molar-refractivity contribution in [3.8, 4) is 0 Å². The van der Waals surface area contributed by atoms with Crippen LogP contribution in [0.25, 0.3) is 0 Å². The molecule has 2 rings (SSSR count). The van der Waals surface area contributed by atoms with Crippen molar-refractivity contribution >= 4 is 5.91 Å². The molecule has 2 aliphatic carbocycles. The van der Waals surface area contributed by atoms with E-state index in [1.165, 1.54) is 25.7 Å². The number of amides is 1. The molecule has 2 nitrogen and oxygen atoms in total. The third kappa shape index (κ3) is 1.35. The molecule has 0 aromatic carbocycles. The lowest BCUT2D eigenvalue weighted by Crippen LogP contribution is -2.30. The molecule has 2 aliphatic rings. The molecular weight excluding hydrogens is 150 g/mol. The molecule has 0 radical (unpaired) electrons. The zero-order valence-corrected chi connectivity index (χ0v) is 7.46. The molecule has 2 saturated carbocycles. The maximum atomic E-state index is 11.0. The number of carbonyl (C=O) groups excluding carboxylic acids is 1. The molecule has 0 saturated heterocycles. The molecular formula is C10H17NO. The van der Waals surface area contributed by atoms with Crippen LogP contribution in [0.5, 0.6) is 0 Å². The van der Waals surface area contributed by atoms with Gasteiger partial charge in [0.15, 0.2) is 0 Å². The highest BCUT2D eigenvalue weighted by Gasteiger charge is 2.35. The smallest absolute Gasteiger partial charge is 0.220 e. The highest BCUT2D eigenvalue weighted by molar-refractivity contribution is 5.76. The van der Waals surface area contributed by atoms with Gasteiger partial charge in [-0.2, -0.15) is 0 Å². The molecule has 3 atom stereocenters. The predicted molar refractivity (Wildman–Crippen MR) is 47.4 cm³/mol.